The smallest absolute Gasteiger partial charge is 0.220 e. The fourth-order valence-corrected chi connectivity index (χ4v) is 2.98. The Hall–Kier alpha value is -2.49. The van der Waals surface area contributed by atoms with Crippen molar-refractivity contribution in [2.75, 3.05) is 14.2 Å². The van der Waals surface area contributed by atoms with Crippen molar-refractivity contribution in [3.8, 4) is 11.5 Å². The van der Waals surface area contributed by atoms with Crippen LogP contribution >= 0.6 is 0 Å². The molecule has 0 atom stereocenters. The van der Waals surface area contributed by atoms with Gasteiger partial charge in [0.1, 0.15) is 0 Å². The van der Waals surface area contributed by atoms with Gasteiger partial charge in [-0.2, -0.15) is 0 Å². The minimum absolute atomic E-state index is 0.0590. The summed E-state index contributed by atoms with van der Waals surface area (Å²) in [6.07, 6.45) is 3.09. The molecule has 1 N–H and O–H groups in total. The normalized spacial score (nSPS) is 10.5. The number of ether oxygens (including phenoxy) is 2. The Morgan fingerprint density at radius 2 is 1.62 bits per heavy atom. The zero-order valence-corrected chi connectivity index (χ0v) is 16.2. The Kier molecular flexibility index (Phi) is 7.52. The average molecular weight is 355 g/mol. The number of carbonyl (C=O) groups is 1. The van der Waals surface area contributed by atoms with Gasteiger partial charge in [0.2, 0.25) is 5.91 Å². The molecule has 0 spiro atoms. The Labute approximate surface area is 156 Å². The van der Waals surface area contributed by atoms with Crippen LogP contribution in [0.5, 0.6) is 11.5 Å². The first kappa shape index (κ1) is 19.8. The lowest BCUT2D eigenvalue weighted by Gasteiger charge is -2.12. The molecule has 2 aromatic rings. The van der Waals surface area contributed by atoms with Gasteiger partial charge in [-0.15, -0.1) is 0 Å². The summed E-state index contributed by atoms with van der Waals surface area (Å²) in [5, 5.41) is 3.05. The first-order valence-corrected chi connectivity index (χ1v) is 9.19. The molecular weight excluding hydrogens is 326 g/mol. The fourth-order valence-electron chi connectivity index (χ4n) is 2.98. The molecule has 0 aliphatic heterocycles. The first-order chi connectivity index (χ1) is 12.6. The van der Waals surface area contributed by atoms with E-state index in [0.717, 1.165) is 18.4 Å². The van der Waals surface area contributed by atoms with Gasteiger partial charge in [0.15, 0.2) is 11.5 Å². The van der Waals surface area contributed by atoms with Gasteiger partial charge in [0.25, 0.3) is 0 Å². The molecule has 2 rings (SSSR count). The number of methoxy groups -OCH3 is 2. The summed E-state index contributed by atoms with van der Waals surface area (Å²) in [5.41, 5.74) is 4.87. The van der Waals surface area contributed by atoms with Crippen LogP contribution in [0.3, 0.4) is 0 Å². The van der Waals surface area contributed by atoms with Gasteiger partial charge in [0, 0.05) is 13.0 Å². The number of hydrogen-bond donors (Lipinski definition) is 1. The zero-order valence-electron chi connectivity index (χ0n) is 16.2. The van der Waals surface area contributed by atoms with Gasteiger partial charge in [-0.25, -0.2) is 0 Å². The number of carbonyl (C=O) groups excluding carboxylic acids is 1. The van der Waals surface area contributed by atoms with Crippen molar-refractivity contribution in [2.45, 2.75) is 46.1 Å². The fraction of sp³-hybridized carbons (Fsp3) is 0.409. The third kappa shape index (κ3) is 5.25. The summed E-state index contributed by atoms with van der Waals surface area (Å²) < 4.78 is 10.6. The molecule has 4 nitrogen and oxygen atoms in total. The van der Waals surface area contributed by atoms with Gasteiger partial charge in [0.05, 0.1) is 14.2 Å². The number of amides is 1. The van der Waals surface area contributed by atoms with E-state index in [1.165, 1.54) is 16.7 Å². The molecule has 1 amide bonds. The molecule has 140 valence electrons. The minimum atomic E-state index is 0.0590. The van der Waals surface area contributed by atoms with Crippen LogP contribution < -0.4 is 14.8 Å². The highest BCUT2D eigenvalue weighted by Crippen LogP contribution is 2.27. The number of nitrogens with one attached hydrogen (secondary N) is 1. The molecule has 0 radical (unpaired) electrons. The maximum Gasteiger partial charge on any atom is 0.220 e. The summed E-state index contributed by atoms with van der Waals surface area (Å²) in [6, 6.07) is 12.3. The van der Waals surface area contributed by atoms with Crippen molar-refractivity contribution >= 4 is 5.91 Å². The number of rotatable bonds is 9. The zero-order chi connectivity index (χ0) is 18.9. The lowest BCUT2D eigenvalue weighted by Crippen LogP contribution is -2.23. The van der Waals surface area contributed by atoms with E-state index in [-0.39, 0.29) is 5.91 Å². The summed E-state index contributed by atoms with van der Waals surface area (Å²) in [5.74, 6) is 1.45. The van der Waals surface area contributed by atoms with Crippen LogP contribution in [0.15, 0.2) is 36.4 Å². The third-order valence-electron chi connectivity index (χ3n) is 4.62. The lowest BCUT2D eigenvalue weighted by atomic mass is 10.0. The Bertz CT molecular complexity index is 740. The number of aryl methyl sites for hydroxylation is 3. The predicted octanol–water partition coefficient (Wildman–Crippen LogP) is 4.08. The van der Waals surface area contributed by atoms with Gasteiger partial charge in [-0.1, -0.05) is 38.1 Å². The maximum absolute atomic E-state index is 12.3. The minimum Gasteiger partial charge on any atom is -0.493 e. The molecular formula is C22H29NO3. The molecule has 0 bridgehead atoms. The van der Waals surface area contributed by atoms with E-state index in [1.807, 2.05) is 18.2 Å². The highest BCUT2D eigenvalue weighted by molar-refractivity contribution is 5.76. The molecule has 26 heavy (non-hydrogen) atoms. The van der Waals surface area contributed by atoms with Crippen molar-refractivity contribution in [1.82, 2.24) is 5.32 Å². The van der Waals surface area contributed by atoms with E-state index in [1.54, 1.807) is 14.2 Å². The Morgan fingerprint density at radius 1 is 0.885 bits per heavy atom. The van der Waals surface area contributed by atoms with Crippen molar-refractivity contribution in [3.63, 3.8) is 0 Å². The predicted molar refractivity (Wildman–Crippen MR) is 105 cm³/mol. The molecule has 0 saturated heterocycles. The van der Waals surface area contributed by atoms with Crippen molar-refractivity contribution in [1.29, 1.82) is 0 Å². The summed E-state index contributed by atoms with van der Waals surface area (Å²) in [7, 11) is 3.23. The van der Waals surface area contributed by atoms with Gasteiger partial charge >= 0.3 is 0 Å². The van der Waals surface area contributed by atoms with E-state index in [9.17, 15) is 4.79 Å². The van der Waals surface area contributed by atoms with Crippen LogP contribution in [0.1, 0.15) is 42.5 Å². The summed E-state index contributed by atoms with van der Waals surface area (Å²) >= 11 is 0. The second-order valence-electron chi connectivity index (χ2n) is 6.28. The standard InChI is InChI=1S/C22H29NO3/c1-5-16-7-10-18(6-2)19(13-16)15-23-22(24)12-9-17-8-11-20(25-3)21(14-17)26-4/h7-8,10-11,13-14H,5-6,9,12,15H2,1-4H3,(H,23,24). The van der Waals surface area contributed by atoms with Crippen molar-refractivity contribution < 1.29 is 14.3 Å². The van der Waals surface area contributed by atoms with Crippen molar-refractivity contribution in [3.05, 3.63) is 58.7 Å². The summed E-state index contributed by atoms with van der Waals surface area (Å²) in [4.78, 5) is 12.3. The van der Waals surface area contributed by atoms with E-state index < -0.39 is 0 Å². The number of hydrogen-bond acceptors (Lipinski definition) is 3. The molecule has 0 heterocycles. The van der Waals surface area contributed by atoms with E-state index in [2.05, 4.69) is 37.4 Å². The molecule has 0 aliphatic rings. The second kappa shape index (κ2) is 9.85. The van der Waals surface area contributed by atoms with E-state index >= 15 is 0 Å². The molecule has 2 aromatic carbocycles. The van der Waals surface area contributed by atoms with E-state index in [0.29, 0.717) is 30.9 Å². The van der Waals surface area contributed by atoms with Crippen molar-refractivity contribution in [2.24, 2.45) is 0 Å². The van der Waals surface area contributed by atoms with E-state index in [4.69, 9.17) is 9.47 Å². The molecule has 0 saturated carbocycles. The van der Waals surface area contributed by atoms with Crippen LogP contribution in [0, 0.1) is 0 Å². The van der Waals surface area contributed by atoms with Gasteiger partial charge in [-0.3, -0.25) is 4.79 Å². The topological polar surface area (TPSA) is 47.6 Å². The third-order valence-corrected chi connectivity index (χ3v) is 4.62. The molecule has 0 unspecified atom stereocenters. The summed E-state index contributed by atoms with van der Waals surface area (Å²) in [6.45, 7) is 4.87. The van der Waals surface area contributed by atoms with Gasteiger partial charge in [-0.05, 0) is 53.6 Å². The Morgan fingerprint density at radius 3 is 2.27 bits per heavy atom. The van der Waals surface area contributed by atoms with Crippen LogP contribution in [0.25, 0.3) is 0 Å². The SMILES string of the molecule is CCc1ccc(CC)c(CNC(=O)CCc2ccc(OC)c(OC)c2)c1. The average Bonchev–Trinajstić information content (AvgIpc) is 2.69. The molecule has 0 fully saturated rings. The second-order valence-corrected chi connectivity index (χ2v) is 6.28. The lowest BCUT2D eigenvalue weighted by molar-refractivity contribution is -0.121. The number of benzene rings is 2. The monoisotopic (exact) mass is 355 g/mol. The Balaban J connectivity index is 1.91. The molecule has 0 aliphatic carbocycles. The maximum atomic E-state index is 12.3. The largest absolute Gasteiger partial charge is 0.493 e. The van der Waals surface area contributed by atoms with Crippen LogP contribution in [-0.2, 0) is 30.6 Å². The molecule has 4 heteroatoms. The van der Waals surface area contributed by atoms with Crippen LogP contribution in [0.4, 0.5) is 0 Å². The van der Waals surface area contributed by atoms with Crippen LogP contribution in [-0.4, -0.2) is 20.1 Å². The van der Waals surface area contributed by atoms with Crippen LogP contribution in [0.2, 0.25) is 0 Å². The highest BCUT2D eigenvalue weighted by Gasteiger charge is 2.08. The van der Waals surface area contributed by atoms with Gasteiger partial charge < -0.3 is 14.8 Å². The molecule has 0 aromatic heterocycles. The quantitative estimate of drug-likeness (QED) is 0.737. The highest BCUT2D eigenvalue weighted by atomic mass is 16.5. The first-order valence-electron chi connectivity index (χ1n) is 9.19.